The summed E-state index contributed by atoms with van der Waals surface area (Å²) >= 11 is 1.61. The zero-order chi connectivity index (χ0) is 12.4. The van der Waals surface area contributed by atoms with Gasteiger partial charge in [-0.05, 0) is 6.92 Å². The summed E-state index contributed by atoms with van der Waals surface area (Å²) in [6.07, 6.45) is 1.80. The molecule has 0 amide bonds. The number of hydrogen-bond acceptors (Lipinski definition) is 6. The van der Waals surface area contributed by atoms with Crippen LogP contribution in [0.5, 0.6) is 0 Å². The maximum Gasteiger partial charge on any atom is 0.323 e. The van der Waals surface area contributed by atoms with Crippen LogP contribution in [0.25, 0.3) is 0 Å². The van der Waals surface area contributed by atoms with Crippen molar-refractivity contribution in [2.75, 3.05) is 13.7 Å². The normalized spacial score (nSPS) is 25.1. The van der Waals surface area contributed by atoms with E-state index in [0.717, 1.165) is 9.88 Å². The Labute approximate surface area is 104 Å². The molecule has 0 unspecified atom stereocenters. The van der Waals surface area contributed by atoms with Crippen LogP contribution in [0.4, 0.5) is 0 Å². The number of carbonyl (C=O) groups excluding carboxylic acids is 1. The lowest BCUT2D eigenvalue weighted by Gasteiger charge is -2.20. The number of aliphatic hydroxyl groups excluding tert-OH is 1. The third-order valence-electron chi connectivity index (χ3n) is 2.86. The van der Waals surface area contributed by atoms with Gasteiger partial charge in [-0.15, -0.1) is 11.3 Å². The molecule has 94 valence electrons. The maximum absolute atomic E-state index is 11.6. The number of aryl methyl sites for hydroxylation is 1. The molecule has 5 nitrogen and oxygen atoms in total. The van der Waals surface area contributed by atoms with E-state index in [1.54, 1.807) is 11.3 Å². The van der Waals surface area contributed by atoms with E-state index in [4.69, 9.17) is 4.74 Å². The number of hydrogen-bond donors (Lipinski definition) is 1. The number of nitrogens with zero attached hydrogens (tertiary/aromatic N) is 2. The second-order valence-electron chi connectivity index (χ2n) is 4.22. The van der Waals surface area contributed by atoms with E-state index in [-0.39, 0.29) is 12.0 Å². The molecule has 2 heterocycles. The number of esters is 1. The van der Waals surface area contributed by atoms with E-state index in [1.165, 1.54) is 7.11 Å². The molecule has 6 heteroatoms. The van der Waals surface area contributed by atoms with Crippen LogP contribution in [0.2, 0.25) is 0 Å². The van der Waals surface area contributed by atoms with Gasteiger partial charge < -0.3 is 9.84 Å². The summed E-state index contributed by atoms with van der Waals surface area (Å²) in [6.45, 7) is 3.09. The summed E-state index contributed by atoms with van der Waals surface area (Å²) in [6, 6.07) is -0.348. The van der Waals surface area contributed by atoms with Crippen LogP contribution in [-0.2, 0) is 16.1 Å². The molecule has 0 saturated carbocycles. The van der Waals surface area contributed by atoms with Gasteiger partial charge in [-0.3, -0.25) is 9.69 Å². The fourth-order valence-corrected chi connectivity index (χ4v) is 2.90. The zero-order valence-electron chi connectivity index (χ0n) is 9.92. The Bertz CT molecular complexity index is 407. The molecule has 1 aliphatic heterocycles. The SMILES string of the molecule is COC(=O)[C@H]1C[C@H](O)CN1Cc1ncc(C)s1. The van der Waals surface area contributed by atoms with Crippen LogP contribution >= 0.6 is 11.3 Å². The van der Waals surface area contributed by atoms with Gasteiger partial charge in [0.15, 0.2) is 0 Å². The second kappa shape index (κ2) is 5.12. The highest BCUT2D eigenvalue weighted by Gasteiger charge is 2.36. The highest BCUT2D eigenvalue weighted by Crippen LogP contribution is 2.23. The van der Waals surface area contributed by atoms with Crippen molar-refractivity contribution in [3.8, 4) is 0 Å². The van der Waals surface area contributed by atoms with E-state index in [2.05, 4.69) is 4.98 Å². The van der Waals surface area contributed by atoms with Crippen molar-refractivity contribution in [1.29, 1.82) is 0 Å². The molecule has 0 aromatic carbocycles. The van der Waals surface area contributed by atoms with Crippen LogP contribution in [-0.4, -0.2) is 46.8 Å². The van der Waals surface area contributed by atoms with Crippen LogP contribution in [0.15, 0.2) is 6.20 Å². The van der Waals surface area contributed by atoms with Crippen LogP contribution in [0, 0.1) is 6.92 Å². The number of aliphatic hydroxyl groups is 1. The van der Waals surface area contributed by atoms with Crippen molar-refractivity contribution in [2.45, 2.75) is 32.0 Å². The summed E-state index contributed by atoms with van der Waals surface area (Å²) in [5.74, 6) is -0.283. The van der Waals surface area contributed by atoms with E-state index in [1.807, 2.05) is 18.0 Å². The third kappa shape index (κ3) is 2.83. The van der Waals surface area contributed by atoms with Gasteiger partial charge in [0.2, 0.25) is 0 Å². The minimum atomic E-state index is -0.458. The molecule has 17 heavy (non-hydrogen) atoms. The smallest absolute Gasteiger partial charge is 0.323 e. The lowest BCUT2D eigenvalue weighted by Crippen LogP contribution is -2.36. The third-order valence-corrected chi connectivity index (χ3v) is 3.76. The second-order valence-corrected chi connectivity index (χ2v) is 5.54. The number of likely N-dealkylation sites (tertiary alicyclic amines) is 1. The number of ether oxygens (including phenoxy) is 1. The molecule has 2 atom stereocenters. The average molecular weight is 256 g/mol. The number of rotatable bonds is 3. The van der Waals surface area contributed by atoms with Gasteiger partial charge in [-0.25, -0.2) is 4.98 Å². The Morgan fingerprint density at radius 2 is 2.53 bits per heavy atom. The van der Waals surface area contributed by atoms with E-state index in [0.29, 0.717) is 19.5 Å². The summed E-state index contributed by atoms with van der Waals surface area (Å²) in [7, 11) is 1.37. The minimum absolute atomic E-state index is 0.283. The molecule has 1 fully saturated rings. The van der Waals surface area contributed by atoms with E-state index in [9.17, 15) is 9.90 Å². The largest absolute Gasteiger partial charge is 0.468 e. The van der Waals surface area contributed by atoms with Gasteiger partial charge in [0, 0.05) is 24.0 Å². The number of β-amino-alcohol motifs (C(OH)–C–C–N with tert-alkyl or cyclic N) is 1. The van der Waals surface area contributed by atoms with Crippen molar-refractivity contribution in [3.05, 3.63) is 16.1 Å². The topological polar surface area (TPSA) is 62.7 Å². The van der Waals surface area contributed by atoms with Gasteiger partial charge in [0.05, 0.1) is 19.8 Å². The van der Waals surface area contributed by atoms with Crippen molar-refractivity contribution < 1.29 is 14.6 Å². The number of aromatic nitrogens is 1. The quantitative estimate of drug-likeness (QED) is 0.801. The molecule has 0 radical (unpaired) electrons. The van der Waals surface area contributed by atoms with Crippen LogP contribution < -0.4 is 0 Å². The summed E-state index contributed by atoms with van der Waals surface area (Å²) in [4.78, 5) is 18.9. The van der Waals surface area contributed by atoms with Crippen molar-refractivity contribution in [2.24, 2.45) is 0 Å². The van der Waals surface area contributed by atoms with E-state index < -0.39 is 6.10 Å². The minimum Gasteiger partial charge on any atom is -0.468 e. The zero-order valence-corrected chi connectivity index (χ0v) is 10.7. The van der Waals surface area contributed by atoms with Crippen LogP contribution in [0.3, 0.4) is 0 Å². The molecule has 0 bridgehead atoms. The molecule has 2 rings (SSSR count). The molecular formula is C11H16N2O3S. The Hall–Kier alpha value is -0.980. The monoisotopic (exact) mass is 256 g/mol. The summed E-state index contributed by atoms with van der Waals surface area (Å²) < 4.78 is 4.75. The van der Waals surface area contributed by atoms with Gasteiger partial charge in [0.25, 0.3) is 0 Å². The first-order valence-corrected chi connectivity index (χ1v) is 6.33. The molecule has 0 aliphatic carbocycles. The molecular weight excluding hydrogens is 240 g/mol. The Kier molecular flexibility index (Phi) is 3.76. The average Bonchev–Trinajstić information content (AvgIpc) is 2.85. The summed E-state index contributed by atoms with van der Waals surface area (Å²) in [5.41, 5.74) is 0. The van der Waals surface area contributed by atoms with Crippen LogP contribution in [0.1, 0.15) is 16.3 Å². The summed E-state index contributed by atoms with van der Waals surface area (Å²) in [5, 5.41) is 10.6. The molecule has 1 saturated heterocycles. The fraction of sp³-hybridized carbons (Fsp3) is 0.636. The van der Waals surface area contributed by atoms with Crippen molar-refractivity contribution >= 4 is 17.3 Å². The molecule has 1 aromatic heterocycles. The predicted octanol–water partition coefficient (Wildman–Crippen LogP) is 0.560. The standard InChI is InChI=1S/C11H16N2O3S/c1-7-4-12-10(17-7)6-13-5-8(14)3-9(13)11(15)16-2/h4,8-9,14H,3,5-6H2,1-2H3/t8-,9+/m0/s1. The Balaban J connectivity index is 2.05. The van der Waals surface area contributed by atoms with Crippen molar-refractivity contribution in [1.82, 2.24) is 9.88 Å². The first-order valence-electron chi connectivity index (χ1n) is 5.51. The lowest BCUT2D eigenvalue weighted by atomic mass is 10.2. The molecule has 1 aliphatic rings. The lowest BCUT2D eigenvalue weighted by molar-refractivity contribution is -0.146. The number of thiazole rings is 1. The van der Waals surface area contributed by atoms with Gasteiger partial charge in [0.1, 0.15) is 11.0 Å². The molecule has 1 aromatic rings. The van der Waals surface area contributed by atoms with Gasteiger partial charge in [-0.2, -0.15) is 0 Å². The van der Waals surface area contributed by atoms with E-state index >= 15 is 0 Å². The van der Waals surface area contributed by atoms with Gasteiger partial charge >= 0.3 is 5.97 Å². The predicted molar refractivity (Wildman–Crippen MR) is 63.7 cm³/mol. The van der Waals surface area contributed by atoms with Gasteiger partial charge in [-0.1, -0.05) is 0 Å². The van der Waals surface area contributed by atoms with Crippen molar-refractivity contribution in [3.63, 3.8) is 0 Å². The highest BCUT2D eigenvalue weighted by molar-refractivity contribution is 7.11. The first-order chi connectivity index (χ1) is 8.10. The number of carbonyl (C=O) groups is 1. The molecule has 1 N–H and O–H groups in total. The maximum atomic E-state index is 11.6. The highest BCUT2D eigenvalue weighted by atomic mass is 32.1. The first kappa shape index (κ1) is 12.5. The Morgan fingerprint density at radius 3 is 3.12 bits per heavy atom. The Morgan fingerprint density at radius 1 is 1.76 bits per heavy atom. The molecule has 0 spiro atoms. The fourth-order valence-electron chi connectivity index (χ4n) is 2.08. The number of methoxy groups -OCH3 is 1.